The zero-order valence-electron chi connectivity index (χ0n) is 26.2. The first-order valence-corrected chi connectivity index (χ1v) is 18.8. The van der Waals surface area contributed by atoms with E-state index in [1.54, 1.807) is 0 Å². The Labute approximate surface area is 271 Å². The molecule has 0 spiro atoms. The molecular formula is C36H40O8P2. The molecule has 2 fully saturated rings. The van der Waals surface area contributed by atoms with Gasteiger partial charge in [0.2, 0.25) is 0 Å². The van der Waals surface area contributed by atoms with Crippen molar-refractivity contribution in [3.8, 4) is 22.6 Å². The van der Waals surface area contributed by atoms with Crippen LogP contribution < -0.4 is 9.05 Å². The predicted molar refractivity (Wildman–Crippen MR) is 178 cm³/mol. The molecule has 10 heteroatoms. The second kappa shape index (κ2) is 14.7. The molecule has 0 amide bonds. The molecule has 46 heavy (non-hydrogen) atoms. The summed E-state index contributed by atoms with van der Waals surface area (Å²) >= 11 is 0. The highest BCUT2D eigenvalue weighted by atomic mass is 31.2. The Kier molecular flexibility index (Phi) is 10.4. The Morgan fingerprint density at radius 3 is 1.74 bits per heavy atom. The lowest BCUT2D eigenvalue weighted by atomic mass is 9.98. The zero-order valence-corrected chi connectivity index (χ0v) is 28.0. The van der Waals surface area contributed by atoms with Crippen LogP contribution in [0.3, 0.4) is 0 Å². The van der Waals surface area contributed by atoms with E-state index < -0.39 is 27.9 Å². The minimum Gasteiger partial charge on any atom is -0.403 e. The van der Waals surface area contributed by atoms with Crippen LogP contribution in [-0.4, -0.2) is 13.2 Å². The van der Waals surface area contributed by atoms with E-state index in [4.69, 9.17) is 27.1 Å². The number of hydrogen-bond acceptors (Lipinski definition) is 8. The van der Waals surface area contributed by atoms with Gasteiger partial charge in [-0.05, 0) is 54.2 Å². The lowest BCUT2D eigenvalue weighted by molar-refractivity contribution is 0.0508. The average molecular weight is 663 g/mol. The molecule has 2 aliphatic rings. The molecule has 4 atom stereocenters. The maximum absolute atomic E-state index is 14.2. The molecule has 242 valence electrons. The number of phosphoric acid groups is 2. The van der Waals surface area contributed by atoms with Crippen molar-refractivity contribution >= 4 is 15.6 Å². The molecule has 2 aliphatic heterocycles. The van der Waals surface area contributed by atoms with Gasteiger partial charge in [0.1, 0.15) is 11.5 Å². The summed E-state index contributed by atoms with van der Waals surface area (Å²) in [5.74, 6) is 0.490. The molecule has 4 aromatic rings. The maximum Gasteiger partial charge on any atom is 0.530 e. The van der Waals surface area contributed by atoms with Gasteiger partial charge in [0.15, 0.2) is 0 Å². The summed E-state index contributed by atoms with van der Waals surface area (Å²) in [6.07, 6.45) is 3.85. The first kappa shape index (κ1) is 32.7. The van der Waals surface area contributed by atoms with Crippen molar-refractivity contribution in [3.63, 3.8) is 0 Å². The number of benzene rings is 4. The van der Waals surface area contributed by atoms with Gasteiger partial charge in [-0.2, -0.15) is 0 Å². The lowest BCUT2D eigenvalue weighted by Gasteiger charge is -2.31. The highest BCUT2D eigenvalue weighted by Gasteiger charge is 2.41. The van der Waals surface area contributed by atoms with Crippen LogP contribution in [0, 0.1) is 6.92 Å². The fraction of sp³-hybridized carbons (Fsp3) is 0.333. The van der Waals surface area contributed by atoms with E-state index in [-0.39, 0.29) is 24.7 Å². The van der Waals surface area contributed by atoms with Crippen molar-refractivity contribution in [3.05, 3.63) is 119 Å². The summed E-state index contributed by atoms with van der Waals surface area (Å²) in [7, 11) is -8.17. The Balaban J connectivity index is 1.40. The summed E-state index contributed by atoms with van der Waals surface area (Å²) in [6.45, 7) is 4.52. The molecule has 2 heterocycles. The maximum atomic E-state index is 14.2. The van der Waals surface area contributed by atoms with Crippen molar-refractivity contribution in [1.82, 2.24) is 0 Å². The van der Waals surface area contributed by atoms with Crippen LogP contribution >= 0.6 is 15.6 Å². The average Bonchev–Trinajstić information content (AvgIpc) is 3.05. The molecule has 4 aromatic carbocycles. The van der Waals surface area contributed by atoms with Gasteiger partial charge in [-0.3, -0.25) is 18.1 Å². The van der Waals surface area contributed by atoms with E-state index in [2.05, 4.69) is 6.92 Å². The summed E-state index contributed by atoms with van der Waals surface area (Å²) in [5.41, 5.74) is 4.81. The molecule has 0 aromatic heterocycles. The number of unbranched alkanes of at least 4 members (excludes halogenated alkanes) is 2. The second-order valence-corrected chi connectivity index (χ2v) is 14.7. The van der Waals surface area contributed by atoms with Crippen LogP contribution in [-0.2, 0) is 33.6 Å². The molecule has 0 radical (unpaired) electrons. The van der Waals surface area contributed by atoms with Crippen LogP contribution in [0.1, 0.15) is 73.5 Å². The Morgan fingerprint density at radius 2 is 1.24 bits per heavy atom. The van der Waals surface area contributed by atoms with E-state index in [1.807, 2.05) is 104 Å². The third-order valence-corrected chi connectivity index (χ3v) is 10.9. The largest absolute Gasteiger partial charge is 0.530 e. The molecule has 6 rings (SSSR count). The zero-order chi connectivity index (χ0) is 32.0. The van der Waals surface area contributed by atoms with Crippen LogP contribution in [0.25, 0.3) is 11.1 Å². The van der Waals surface area contributed by atoms with E-state index in [1.165, 1.54) is 0 Å². The molecule has 4 unspecified atom stereocenters. The van der Waals surface area contributed by atoms with Gasteiger partial charge in [0.25, 0.3) is 0 Å². The number of rotatable bonds is 11. The van der Waals surface area contributed by atoms with E-state index in [0.29, 0.717) is 24.8 Å². The first-order valence-electron chi connectivity index (χ1n) is 15.9. The smallest absolute Gasteiger partial charge is 0.403 e. The quantitative estimate of drug-likeness (QED) is 0.116. The van der Waals surface area contributed by atoms with Crippen LogP contribution in [0.2, 0.25) is 0 Å². The summed E-state index contributed by atoms with van der Waals surface area (Å²) in [6, 6.07) is 30.7. The monoisotopic (exact) mass is 662 g/mol. The topological polar surface area (TPSA) is 89.5 Å². The Bertz CT molecular complexity index is 1620. The molecule has 0 bridgehead atoms. The van der Waals surface area contributed by atoms with Gasteiger partial charge >= 0.3 is 15.6 Å². The number of hydrogen-bond donors (Lipinski definition) is 0. The van der Waals surface area contributed by atoms with Crippen molar-refractivity contribution in [1.29, 1.82) is 0 Å². The van der Waals surface area contributed by atoms with Crippen LogP contribution in [0.15, 0.2) is 97.1 Å². The molecule has 8 nitrogen and oxygen atoms in total. The predicted octanol–water partition coefficient (Wildman–Crippen LogP) is 10.7. The van der Waals surface area contributed by atoms with Gasteiger partial charge in [-0.1, -0.05) is 110 Å². The normalized spacial score (nSPS) is 24.7. The van der Waals surface area contributed by atoms with Crippen molar-refractivity contribution in [2.75, 3.05) is 13.2 Å². The van der Waals surface area contributed by atoms with Gasteiger partial charge in [0, 0.05) is 12.8 Å². The van der Waals surface area contributed by atoms with Crippen molar-refractivity contribution in [2.45, 2.75) is 64.6 Å². The SMILES string of the molecule is CCCCCc1cc(OP2(=O)OCCC(c3ccccc3)O2)c(-c2cccc(C)c2)c(OP2(=O)OCCC(c3ccccc3)O2)c1. The van der Waals surface area contributed by atoms with E-state index in [0.717, 1.165) is 47.1 Å². The molecular weight excluding hydrogens is 622 g/mol. The summed E-state index contributed by atoms with van der Waals surface area (Å²) in [5, 5.41) is 0. The first-order chi connectivity index (χ1) is 22.3. The number of phosphoric ester groups is 2. The Morgan fingerprint density at radius 1 is 0.696 bits per heavy atom. The van der Waals surface area contributed by atoms with Gasteiger partial charge in [-0.15, -0.1) is 0 Å². The molecule has 0 N–H and O–H groups in total. The molecule has 0 saturated carbocycles. The van der Waals surface area contributed by atoms with Crippen LogP contribution in [0.4, 0.5) is 0 Å². The molecule has 2 saturated heterocycles. The van der Waals surface area contributed by atoms with Gasteiger partial charge < -0.3 is 9.05 Å². The van der Waals surface area contributed by atoms with Crippen LogP contribution in [0.5, 0.6) is 11.5 Å². The highest BCUT2D eigenvalue weighted by molar-refractivity contribution is 7.49. The third-order valence-electron chi connectivity index (χ3n) is 8.04. The van der Waals surface area contributed by atoms with Gasteiger partial charge in [-0.25, -0.2) is 9.13 Å². The van der Waals surface area contributed by atoms with E-state index >= 15 is 0 Å². The minimum atomic E-state index is -4.08. The number of aryl methyl sites for hydroxylation is 2. The summed E-state index contributed by atoms with van der Waals surface area (Å²) < 4.78 is 64.4. The van der Waals surface area contributed by atoms with Crippen molar-refractivity contribution < 1.29 is 36.3 Å². The Hall–Kier alpha value is -3.22. The standard InChI is InChI=1S/C36H40O8P2/c1-3-4-7-14-28-25-34(43-45(37)39-22-20-32(41-45)29-15-8-5-9-16-29)36(31-19-12-13-27(2)24-31)35(26-28)44-46(38)40-23-21-33(42-46)30-17-10-6-11-18-30/h5-6,8-13,15-19,24-26,32-33H,3-4,7,14,20-23H2,1-2H3. The third kappa shape index (κ3) is 8.01. The molecule has 0 aliphatic carbocycles. The summed E-state index contributed by atoms with van der Waals surface area (Å²) in [4.78, 5) is 0. The fourth-order valence-electron chi connectivity index (χ4n) is 5.74. The van der Waals surface area contributed by atoms with Crippen molar-refractivity contribution in [2.24, 2.45) is 0 Å². The lowest BCUT2D eigenvalue weighted by Crippen LogP contribution is -2.17. The highest BCUT2D eigenvalue weighted by Crippen LogP contribution is 2.61. The fourth-order valence-corrected chi connectivity index (χ4v) is 8.56. The minimum absolute atomic E-state index is 0.202. The van der Waals surface area contributed by atoms with Gasteiger partial charge in [0.05, 0.1) is 31.0 Å². The van der Waals surface area contributed by atoms with E-state index in [9.17, 15) is 9.13 Å². The second-order valence-electron chi connectivity index (χ2n) is 11.6.